The van der Waals surface area contributed by atoms with Crippen LogP contribution in [0, 0.1) is 16.6 Å². The van der Waals surface area contributed by atoms with E-state index in [1.54, 1.807) is 0 Å². The number of nitrogens with one attached hydrogen (secondary N) is 1. The van der Waals surface area contributed by atoms with Crippen molar-refractivity contribution in [3.8, 4) is 0 Å². The molecule has 1 aromatic rings. The molecule has 0 atom stereocenters. The zero-order valence-electron chi connectivity index (χ0n) is 12.4. The molecule has 0 radical (unpaired) electrons. The van der Waals surface area contributed by atoms with Gasteiger partial charge < -0.3 is 5.11 Å². The fourth-order valence-electron chi connectivity index (χ4n) is 2.64. The van der Waals surface area contributed by atoms with Crippen LogP contribution >= 0.6 is 11.6 Å². The molecule has 7 heteroatoms. The summed E-state index contributed by atoms with van der Waals surface area (Å²) in [5, 5.41) is 9.14. The van der Waals surface area contributed by atoms with Crippen molar-refractivity contribution in [2.45, 2.75) is 45.2 Å². The zero-order chi connectivity index (χ0) is 16.2. The summed E-state index contributed by atoms with van der Waals surface area (Å²) in [6.07, 6.45) is 0. The van der Waals surface area contributed by atoms with Gasteiger partial charge in [-0.05, 0) is 23.0 Å². The predicted molar refractivity (Wildman–Crippen MR) is 79.0 cm³/mol. The number of benzene rings is 1. The summed E-state index contributed by atoms with van der Waals surface area (Å²) >= 11 is 5.80. The molecule has 118 valence electrons. The second-order valence-corrected chi connectivity index (χ2v) is 8.65. The molecule has 0 amide bonds. The van der Waals surface area contributed by atoms with Gasteiger partial charge in [0.2, 0.25) is 10.0 Å². The van der Waals surface area contributed by atoms with Crippen LogP contribution in [0.1, 0.15) is 33.3 Å². The van der Waals surface area contributed by atoms with Gasteiger partial charge in [-0.3, -0.25) is 0 Å². The first-order valence-electron chi connectivity index (χ1n) is 6.56. The maximum absolute atomic E-state index is 14.2. The van der Waals surface area contributed by atoms with Gasteiger partial charge in [-0.2, -0.15) is 0 Å². The average Bonchev–Trinajstić information content (AvgIpc) is 2.73. The van der Waals surface area contributed by atoms with Crippen LogP contribution in [0.25, 0.3) is 0 Å². The molecular formula is C14H19ClFNO3S. The zero-order valence-corrected chi connectivity index (χ0v) is 13.9. The van der Waals surface area contributed by atoms with Gasteiger partial charge in [-0.15, -0.1) is 0 Å². The molecule has 21 heavy (non-hydrogen) atoms. The predicted octanol–water partition coefficient (Wildman–Crippen LogP) is 2.68. The monoisotopic (exact) mass is 335 g/mol. The Hall–Kier alpha value is -0.690. The molecule has 0 bridgehead atoms. The molecule has 0 saturated heterocycles. The van der Waals surface area contributed by atoms with E-state index < -0.39 is 27.3 Å². The molecule has 0 unspecified atom stereocenters. The Morgan fingerprint density at radius 3 is 2.24 bits per heavy atom. The van der Waals surface area contributed by atoms with E-state index >= 15 is 0 Å². The highest BCUT2D eigenvalue weighted by molar-refractivity contribution is 7.89. The molecule has 1 fully saturated rings. The van der Waals surface area contributed by atoms with Crippen molar-refractivity contribution < 1.29 is 17.9 Å². The van der Waals surface area contributed by atoms with E-state index in [1.165, 1.54) is 6.07 Å². The molecule has 2 rings (SSSR count). The molecule has 0 aliphatic heterocycles. The summed E-state index contributed by atoms with van der Waals surface area (Å²) < 4.78 is 41.5. The Morgan fingerprint density at radius 2 is 1.81 bits per heavy atom. The van der Waals surface area contributed by atoms with E-state index in [2.05, 4.69) is 4.72 Å². The van der Waals surface area contributed by atoms with E-state index in [1.807, 2.05) is 27.7 Å². The highest BCUT2D eigenvalue weighted by Gasteiger charge is 2.66. The normalized spacial score (nSPS) is 20.5. The summed E-state index contributed by atoms with van der Waals surface area (Å²) in [4.78, 5) is -0.530. The van der Waals surface area contributed by atoms with Gasteiger partial charge in [0.05, 0.1) is 6.61 Å². The van der Waals surface area contributed by atoms with Crippen molar-refractivity contribution in [3.05, 3.63) is 28.5 Å². The third-order valence-electron chi connectivity index (χ3n) is 4.83. The molecule has 1 aliphatic rings. The standard InChI is InChI=1S/C14H19ClFNO3S/c1-13(2)12(14(13,3)4)17-21(19,20)10-6-9(15)5-8(7-18)11(10)16/h5-6,12,17-18H,7H2,1-4H3. The Balaban J connectivity index is 2.41. The lowest BCUT2D eigenvalue weighted by Crippen LogP contribution is -2.30. The van der Waals surface area contributed by atoms with Crippen LogP contribution in [0.15, 0.2) is 17.0 Å². The first kappa shape index (κ1) is 16.7. The molecule has 1 saturated carbocycles. The molecule has 1 aromatic carbocycles. The number of sulfonamides is 1. The van der Waals surface area contributed by atoms with E-state index in [-0.39, 0.29) is 27.5 Å². The topological polar surface area (TPSA) is 66.4 Å². The molecule has 2 N–H and O–H groups in total. The number of hydrogen-bond acceptors (Lipinski definition) is 3. The lowest BCUT2D eigenvalue weighted by Gasteiger charge is -2.11. The van der Waals surface area contributed by atoms with E-state index in [0.29, 0.717) is 0 Å². The second-order valence-electron chi connectivity index (χ2n) is 6.53. The number of hydrogen-bond donors (Lipinski definition) is 2. The van der Waals surface area contributed by atoms with Crippen LogP contribution in [0.4, 0.5) is 4.39 Å². The highest BCUT2D eigenvalue weighted by atomic mass is 35.5. The van der Waals surface area contributed by atoms with Crippen LogP contribution in [0.3, 0.4) is 0 Å². The number of halogens is 2. The Morgan fingerprint density at radius 1 is 1.29 bits per heavy atom. The lowest BCUT2D eigenvalue weighted by atomic mass is 10.0. The second kappa shape index (κ2) is 4.91. The minimum absolute atomic E-state index is 0.0649. The van der Waals surface area contributed by atoms with E-state index in [0.717, 1.165) is 6.07 Å². The maximum atomic E-state index is 14.2. The molecule has 0 spiro atoms. The first-order valence-corrected chi connectivity index (χ1v) is 8.42. The number of aliphatic hydroxyl groups is 1. The fourth-order valence-corrected chi connectivity index (χ4v) is 4.62. The fraction of sp³-hybridized carbons (Fsp3) is 0.571. The third-order valence-corrected chi connectivity index (χ3v) is 6.47. The maximum Gasteiger partial charge on any atom is 0.243 e. The average molecular weight is 336 g/mol. The van der Waals surface area contributed by atoms with Crippen LogP contribution in [-0.4, -0.2) is 19.6 Å². The summed E-state index contributed by atoms with van der Waals surface area (Å²) in [6.45, 7) is 7.19. The molecular weight excluding hydrogens is 317 g/mol. The van der Waals surface area contributed by atoms with Crippen molar-refractivity contribution in [1.82, 2.24) is 4.72 Å². The van der Waals surface area contributed by atoms with Crippen molar-refractivity contribution in [2.75, 3.05) is 0 Å². The Bertz CT molecular complexity index is 672. The van der Waals surface area contributed by atoms with E-state index in [4.69, 9.17) is 16.7 Å². The van der Waals surface area contributed by atoms with Crippen molar-refractivity contribution >= 4 is 21.6 Å². The lowest BCUT2D eigenvalue weighted by molar-refractivity contribution is 0.274. The van der Waals surface area contributed by atoms with E-state index in [9.17, 15) is 12.8 Å². The summed E-state index contributed by atoms with van der Waals surface area (Å²) in [6, 6.07) is 1.98. The first-order chi connectivity index (χ1) is 9.45. The minimum atomic E-state index is -4.05. The molecule has 4 nitrogen and oxygen atoms in total. The van der Waals surface area contributed by atoms with Crippen LogP contribution < -0.4 is 4.72 Å². The number of aliphatic hydroxyl groups excluding tert-OH is 1. The van der Waals surface area contributed by atoms with Gasteiger partial charge >= 0.3 is 0 Å². The largest absolute Gasteiger partial charge is 0.392 e. The van der Waals surface area contributed by atoms with Gasteiger partial charge in [0, 0.05) is 16.6 Å². The van der Waals surface area contributed by atoms with Crippen molar-refractivity contribution in [3.63, 3.8) is 0 Å². The smallest absolute Gasteiger partial charge is 0.243 e. The highest BCUT2D eigenvalue weighted by Crippen LogP contribution is 2.63. The van der Waals surface area contributed by atoms with Crippen LogP contribution in [0.2, 0.25) is 5.02 Å². The molecule has 0 aromatic heterocycles. The van der Waals surface area contributed by atoms with Gasteiger partial charge in [0.15, 0.2) is 0 Å². The third kappa shape index (κ3) is 2.59. The SMILES string of the molecule is CC1(C)C(NS(=O)(=O)c2cc(Cl)cc(CO)c2F)C1(C)C. The summed E-state index contributed by atoms with van der Waals surface area (Å²) in [5.74, 6) is -0.967. The van der Waals surface area contributed by atoms with Crippen molar-refractivity contribution in [2.24, 2.45) is 10.8 Å². The summed E-state index contributed by atoms with van der Waals surface area (Å²) in [7, 11) is -4.05. The number of rotatable bonds is 4. The summed E-state index contributed by atoms with van der Waals surface area (Å²) in [5.41, 5.74) is -0.568. The Kier molecular flexibility index (Phi) is 3.90. The van der Waals surface area contributed by atoms with Gasteiger partial charge in [-0.1, -0.05) is 39.3 Å². The Labute approximate surface area is 129 Å². The van der Waals surface area contributed by atoms with Gasteiger partial charge in [-0.25, -0.2) is 17.5 Å². The molecule has 0 heterocycles. The van der Waals surface area contributed by atoms with Crippen LogP contribution in [0.5, 0.6) is 0 Å². The van der Waals surface area contributed by atoms with Crippen LogP contribution in [-0.2, 0) is 16.6 Å². The minimum Gasteiger partial charge on any atom is -0.392 e. The van der Waals surface area contributed by atoms with Gasteiger partial charge in [0.25, 0.3) is 0 Å². The quantitative estimate of drug-likeness (QED) is 0.889. The van der Waals surface area contributed by atoms with Gasteiger partial charge in [0.1, 0.15) is 10.7 Å². The molecule has 1 aliphatic carbocycles. The van der Waals surface area contributed by atoms with Crippen molar-refractivity contribution in [1.29, 1.82) is 0 Å².